The third-order valence-electron chi connectivity index (χ3n) is 5.40. The summed E-state index contributed by atoms with van der Waals surface area (Å²) in [5.41, 5.74) is 4.47. The van der Waals surface area contributed by atoms with Crippen LogP contribution < -0.4 is 10.3 Å². The highest BCUT2D eigenvalue weighted by atomic mass is 16.5. The van der Waals surface area contributed by atoms with Gasteiger partial charge in [0.2, 0.25) is 0 Å². The fourth-order valence-corrected chi connectivity index (χ4v) is 3.75. The smallest absolute Gasteiger partial charge is 0.275 e. The van der Waals surface area contributed by atoms with Crippen molar-refractivity contribution in [3.05, 3.63) is 63.2 Å². The van der Waals surface area contributed by atoms with Crippen molar-refractivity contribution in [2.75, 3.05) is 20.2 Å². The highest BCUT2D eigenvalue weighted by molar-refractivity contribution is 5.42. The fraction of sp³-hybridized carbons (Fsp3) is 0.400. The lowest BCUT2D eigenvalue weighted by atomic mass is 10.1. The van der Waals surface area contributed by atoms with Gasteiger partial charge < -0.3 is 4.74 Å². The summed E-state index contributed by atoms with van der Waals surface area (Å²) in [7, 11) is 1.71. The molecule has 2 aromatic heterocycles. The van der Waals surface area contributed by atoms with Crippen LogP contribution in [0.3, 0.4) is 0 Å². The first-order valence-electron chi connectivity index (χ1n) is 9.00. The Morgan fingerprint density at radius 2 is 2.12 bits per heavy atom. The lowest BCUT2D eigenvalue weighted by Gasteiger charge is -2.17. The van der Waals surface area contributed by atoms with E-state index in [1.165, 1.54) is 5.56 Å². The van der Waals surface area contributed by atoms with Gasteiger partial charge in [0.1, 0.15) is 5.75 Å². The zero-order valence-electron chi connectivity index (χ0n) is 15.5. The van der Waals surface area contributed by atoms with E-state index in [9.17, 15) is 4.79 Å². The number of aromatic amines is 1. The summed E-state index contributed by atoms with van der Waals surface area (Å²) in [6, 6.07) is 10.2. The van der Waals surface area contributed by atoms with Crippen LogP contribution >= 0.6 is 0 Å². The fourth-order valence-electron chi connectivity index (χ4n) is 3.75. The molecule has 0 amide bonds. The number of fused-ring (bicyclic) bond motifs is 1. The van der Waals surface area contributed by atoms with Crippen LogP contribution in [-0.4, -0.2) is 39.7 Å². The second kappa shape index (κ2) is 6.61. The summed E-state index contributed by atoms with van der Waals surface area (Å²) in [4.78, 5) is 19.4. The Balaban J connectivity index is 1.55. The number of nitrogens with one attached hydrogen (secondary N) is 1. The van der Waals surface area contributed by atoms with Crippen LogP contribution in [0.15, 0.2) is 35.1 Å². The number of para-hydroxylation sites is 1. The van der Waals surface area contributed by atoms with Crippen molar-refractivity contribution in [3.8, 4) is 5.75 Å². The number of benzene rings is 1. The highest BCUT2D eigenvalue weighted by Gasteiger charge is 2.26. The molecule has 3 heterocycles. The van der Waals surface area contributed by atoms with Crippen LogP contribution in [0.5, 0.6) is 5.75 Å². The number of aryl methyl sites for hydroxylation is 1. The molecule has 26 heavy (non-hydrogen) atoms. The lowest BCUT2D eigenvalue weighted by molar-refractivity contribution is 0.316. The third kappa shape index (κ3) is 2.90. The Morgan fingerprint density at radius 1 is 1.31 bits per heavy atom. The van der Waals surface area contributed by atoms with E-state index in [4.69, 9.17) is 4.74 Å². The number of ether oxygens (including phenoxy) is 1. The van der Waals surface area contributed by atoms with Crippen molar-refractivity contribution in [3.63, 3.8) is 0 Å². The molecule has 1 aliphatic rings. The maximum absolute atomic E-state index is 12.4. The van der Waals surface area contributed by atoms with Gasteiger partial charge in [-0.15, -0.1) is 0 Å². The highest BCUT2D eigenvalue weighted by Crippen LogP contribution is 2.29. The summed E-state index contributed by atoms with van der Waals surface area (Å²) in [6.45, 7) is 6.56. The van der Waals surface area contributed by atoms with Gasteiger partial charge in [-0.1, -0.05) is 18.2 Å². The molecule has 1 aliphatic heterocycles. The van der Waals surface area contributed by atoms with Crippen molar-refractivity contribution < 1.29 is 4.74 Å². The Bertz CT molecular complexity index is 1000. The predicted molar refractivity (Wildman–Crippen MR) is 101 cm³/mol. The second-order valence-corrected chi connectivity index (χ2v) is 7.07. The largest absolute Gasteiger partial charge is 0.496 e. The van der Waals surface area contributed by atoms with Gasteiger partial charge in [-0.3, -0.25) is 14.8 Å². The summed E-state index contributed by atoms with van der Waals surface area (Å²) in [5.74, 6) is 1.31. The maximum Gasteiger partial charge on any atom is 0.275 e. The lowest BCUT2D eigenvalue weighted by Crippen LogP contribution is -2.21. The molecule has 0 bridgehead atoms. The van der Waals surface area contributed by atoms with E-state index < -0.39 is 0 Å². The van der Waals surface area contributed by atoms with E-state index in [2.05, 4.69) is 21.0 Å². The summed E-state index contributed by atoms with van der Waals surface area (Å²) < 4.78 is 7.03. The standard InChI is InChI=1S/C20H24N4O2/c1-13-14(2)21-19-10-17(22-24(19)20(13)25)15-8-9-23(11-15)12-16-6-4-5-7-18(16)26-3/h4-7,10,15,22H,8-9,11-12H2,1-3H3/t15-/m0/s1. The van der Waals surface area contributed by atoms with Crippen LogP contribution in [0, 0.1) is 13.8 Å². The number of methoxy groups -OCH3 is 1. The number of likely N-dealkylation sites (tertiary alicyclic amines) is 1. The minimum absolute atomic E-state index is 0.0115. The van der Waals surface area contributed by atoms with E-state index in [0.717, 1.165) is 43.2 Å². The molecular formula is C20H24N4O2. The molecule has 6 heteroatoms. The zero-order valence-corrected chi connectivity index (χ0v) is 15.5. The van der Waals surface area contributed by atoms with Gasteiger partial charge in [0.05, 0.1) is 7.11 Å². The predicted octanol–water partition coefficient (Wildman–Crippen LogP) is 2.64. The van der Waals surface area contributed by atoms with Crippen molar-refractivity contribution in [1.29, 1.82) is 0 Å². The molecule has 4 rings (SSSR count). The zero-order chi connectivity index (χ0) is 18.3. The molecule has 6 nitrogen and oxygen atoms in total. The molecule has 1 atom stereocenters. The molecule has 1 N–H and O–H groups in total. The van der Waals surface area contributed by atoms with Crippen LogP contribution in [-0.2, 0) is 6.54 Å². The van der Waals surface area contributed by atoms with Gasteiger partial charge in [0.15, 0.2) is 5.65 Å². The van der Waals surface area contributed by atoms with Gasteiger partial charge in [-0.05, 0) is 32.9 Å². The molecule has 0 unspecified atom stereocenters. The second-order valence-electron chi connectivity index (χ2n) is 7.07. The molecule has 0 radical (unpaired) electrons. The van der Waals surface area contributed by atoms with Crippen molar-refractivity contribution >= 4 is 5.65 Å². The summed E-state index contributed by atoms with van der Waals surface area (Å²) in [5, 5.41) is 3.27. The van der Waals surface area contributed by atoms with Crippen LogP contribution in [0.1, 0.15) is 34.9 Å². The van der Waals surface area contributed by atoms with Gasteiger partial charge in [0.25, 0.3) is 5.56 Å². The molecule has 136 valence electrons. The van der Waals surface area contributed by atoms with Crippen LogP contribution in [0.2, 0.25) is 0 Å². The number of H-pyrrole nitrogens is 1. The number of hydrogen-bond acceptors (Lipinski definition) is 4. The molecule has 1 fully saturated rings. The molecular weight excluding hydrogens is 328 g/mol. The first-order valence-corrected chi connectivity index (χ1v) is 9.00. The van der Waals surface area contributed by atoms with Crippen LogP contribution in [0.4, 0.5) is 0 Å². The molecule has 1 aromatic carbocycles. The Kier molecular flexibility index (Phi) is 4.28. The summed E-state index contributed by atoms with van der Waals surface area (Å²) in [6.07, 6.45) is 1.06. The topological polar surface area (TPSA) is 62.6 Å². The van der Waals surface area contributed by atoms with E-state index in [1.54, 1.807) is 11.6 Å². The molecule has 1 saturated heterocycles. The SMILES string of the molecule is COc1ccccc1CN1CC[C@H](c2cc3nc(C)c(C)c(=O)n3[nH]2)C1. The quantitative estimate of drug-likeness (QED) is 0.784. The van der Waals surface area contributed by atoms with Gasteiger partial charge in [0, 0.05) is 47.6 Å². The van der Waals surface area contributed by atoms with Gasteiger partial charge >= 0.3 is 0 Å². The molecule has 0 aliphatic carbocycles. The first-order chi connectivity index (χ1) is 12.6. The Labute approximate surface area is 152 Å². The summed E-state index contributed by atoms with van der Waals surface area (Å²) >= 11 is 0. The average molecular weight is 352 g/mol. The number of aromatic nitrogens is 3. The van der Waals surface area contributed by atoms with Gasteiger partial charge in [-0.2, -0.15) is 0 Å². The minimum Gasteiger partial charge on any atom is -0.496 e. The maximum atomic E-state index is 12.4. The van der Waals surface area contributed by atoms with Gasteiger partial charge in [-0.25, -0.2) is 9.50 Å². The number of hydrogen-bond donors (Lipinski definition) is 1. The average Bonchev–Trinajstić information content (AvgIpc) is 3.27. The monoisotopic (exact) mass is 352 g/mol. The first kappa shape index (κ1) is 16.8. The Morgan fingerprint density at radius 3 is 2.92 bits per heavy atom. The third-order valence-corrected chi connectivity index (χ3v) is 5.40. The van der Waals surface area contributed by atoms with Crippen molar-refractivity contribution in [2.45, 2.75) is 32.7 Å². The van der Waals surface area contributed by atoms with Crippen molar-refractivity contribution in [1.82, 2.24) is 19.5 Å². The van der Waals surface area contributed by atoms with E-state index >= 15 is 0 Å². The molecule has 0 saturated carbocycles. The normalized spacial score (nSPS) is 17.9. The minimum atomic E-state index is -0.0115. The Hall–Kier alpha value is -2.60. The van der Waals surface area contributed by atoms with E-state index in [-0.39, 0.29) is 5.56 Å². The number of nitrogens with zero attached hydrogens (tertiary/aromatic N) is 3. The number of rotatable bonds is 4. The van der Waals surface area contributed by atoms with E-state index in [1.807, 2.05) is 38.1 Å². The van der Waals surface area contributed by atoms with Crippen LogP contribution in [0.25, 0.3) is 5.65 Å². The molecule has 0 spiro atoms. The molecule has 3 aromatic rings. The van der Waals surface area contributed by atoms with E-state index in [0.29, 0.717) is 17.1 Å². The van der Waals surface area contributed by atoms with Crippen molar-refractivity contribution in [2.24, 2.45) is 0 Å².